The lowest BCUT2D eigenvalue weighted by Gasteiger charge is -2.41. The van der Waals surface area contributed by atoms with E-state index in [1.807, 2.05) is 0 Å². The van der Waals surface area contributed by atoms with E-state index in [0.717, 1.165) is 5.69 Å². The summed E-state index contributed by atoms with van der Waals surface area (Å²) in [7, 11) is 0. The smallest absolute Gasteiger partial charge is 0.395 e. The van der Waals surface area contributed by atoms with Gasteiger partial charge in [0.2, 0.25) is 0 Å². The fraction of sp³-hybridized carbons (Fsp3) is 0.400. The van der Waals surface area contributed by atoms with E-state index in [9.17, 15) is 13.2 Å². The molecule has 0 saturated carbocycles. The van der Waals surface area contributed by atoms with Crippen molar-refractivity contribution in [3.63, 3.8) is 0 Å². The van der Waals surface area contributed by atoms with Crippen LogP contribution >= 0.6 is 0 Å². The van der Waals surface area contributed by atoms with Crippen LogP contribution in [0.1, 0.15) is 0 Å². The van der Waals surface area contributed by atoms with Gasteiger partial charge in [0.15, 0.2) is 0 Å². The van der Waals surface area contributed by atoms with Crippen molar-refractivity contribution in [3.05, 3.63) is 24.3 Å². The fourth-order valence-electron chi connectivity index (χ4n) is 1.58. The second kappa shape index (κ2) is 3.32. The Bertz CT molecular complexity index is 339. The molecule has 15 heavy (non-hydrogen) atoms. The van der Waals surface area contributed by atoms with Crippen molar-refractivity contribution in [2.24, 2.45) is 5.92 Å². The predicted molar refractivity (Wildman–Crippen MR) is 52.6 cm³/mol. The van der Waals surface area contributed by atoms with E-state index in [1.165, 1.54) is 0 Å². The molecule has 0 amide bonds. The maximum absolute atomic E-state index is 12.2. The van der Waals surface area contributed by atoms with Crippen LogP contribution in [0.3, 0.4) is 0 Å². The number of halogens is 3. The van der Waals surface area contributed by atoms with Crippen LogP contribution in [0.2, 0.25) is 0 Å². The Labute approximate surface area is 85.5 Å². The van der Waals surface area contributed by atoms with Gasteiger partial charge in [0, 0.05) is 24.5 Å². The number of nitrogens with two attached hydrogens (primary N) is 1. The molecule has 1 aliphatic heterocycles. The lowest BCUT2D eigenvalue weighted by molar-refractivity contribution is -0.180. The minimum atomic E-state index is -4.07. The number of rotatable bonds is 1. The molecule has 0 bridgehead atoms. The lowest BCUT2D eigenvalue weighted by atomic mass is 9.99. The second-order valence-corrected chi connectivity index (χ2v) is 3.74. The van der Waals surface area contributed by atoms with E-state index < -0.39 is 12.1 Å². The minimum Gasteiger partial charge on any atom is -0.399 e. The Morgan fingerprint density at radius 1 is 1.13 bits per heavy atom. The molecule has 1 aliphatic rings. The number of hydrogen-bond donors (Lipinski definition) is 1. The van der Waals surface area contributed by atoms with Crippen LogP contribution in [0, 0.1) is 5.92 Å². The third-order valence-electron chi connectivity index (χ3n) is 2.60. The van der Waals surface area contributed by atoms with Crippen LogP contribution in [0.4, 0.5) is 24.5 Å². The minimum absolute atomic E-state index is 0.0490. The van der Waals surface area contributed by atoms with Gasteiger partial charge < -0.3 is 10.6 Å². The largest absolute Gasteiger partial charge is 0.399 e. The molecular formula is C10H11F3N2. The fourth-order valence-corrected chi connectivity index (χ4v) is 1.58. The second-order valence-electron chi connectivity index (χ2n) is 3.74. The number of hydrogen-bond acceptors (Lipinski definition) is 2. The van der Waals surface area contributed by atoms with Crippen molar-refractivity contribution in [1.82, 2.24) is 0 Å². The first-order valence-corrected chi connectivity index (χ1v) is 4.64. The summed E-state index contributed by atoms with van der Waals surface area (Å²) >= 11 is 0. The molecule has 1 saturated heterocycles. The van der Waals surface area contributed by atoms with Crippen molar-refractivity contribution in [1.29, 1.82) is 0 Å². The summed E-state index contributed by atoms with van der Waals surface area (Å²) in [6.07, 6.45) is -4.07. The summed E-state index contributed by atoms with van der Waals surface area (Å²) in [5.74, 6) is -1.19. The van der Waals surface area contributed by atoms with Crippen LogP contribution in [0.5, 0.6) is 0 Å². The van der Waals surface area contributed by atoms with Crippen LogP contribution in [0.25, 0.3) is 0 Å². The molecule has 0 atom stereocenters. The molecule has 0 aliphatic carbocycles. The van der Waals surface area contributed by atoms with E-state index >= 15 is 0 Å². The number of benzene rings is 1. The molecule has 1 aromatic rings. The maximum atomic E-state index is 12.2. The quantitative estimate of drug-likeness (QED) is 0.729. The third kappa shape index (κ3) is 2.00. The van der Waals surface area contributed by atoms with Gasteiger partial charge in [-0.1, -0.05) is 0 Å². The summed E-state index contributed by atoms with van der Waals surface area (Å²) in [6, 6.07) is 6.86. The average molecular weight is 216 g/mol. The molecule has 2 N–H and O–H groups in total. The standard InChI is InChI=1S/C10H11F3N2/c11-10(12,13)7-5-15(6-7)9-3-1-8(14)2-4-9/h1-4,7H,5-6,14H2. The summed E-state index contributed by atoms with van der Waals surface area (Å²) in [5, 5.41) is 0. The zero-order chi connectivity index (χ0) is 11.1. The highest BCUT2D eigenvalue weighted by molar-refractivity contribution is 5.54. The molecule has 82 valence electrons. The Morgan fingerprint density at radius 3 is 2.13 bits per heavy atom. The van der Waals surface area contributed by atoms with E-state index in [2.05, 4.69) is 0 Å². The normalized spacial score (nSPS) is 17.7. The van der Waals surface area contributed by atoms with E-state index in [4.69, 9.17) is 5.73 Å². The van der Waals surface area contributed by atoms with Crippen molar-refractivity contribution in [2.45, 2.75) is 6.18 Å². The summed E-state index contributed by atoms with van der Waals surface area (Å²) in [4.78, 5) is 1.69. The molecular weight excluding hydrogens is 205 g/mol. The Balaban J connectivity index is 1.98. The van der Waals surface area contributed by atoms with E-state index in [1.54, 1.807) is 29.2 Å². The van der Waals surface area contributed by atoms with Crippen LogP contribution < -0.4 is 10.6 Å². The van der Waals surface area contributed by atoms with E-state index in [-0.39, 0.29) is 13.1 Å². The van der Waals surface area contributed by atoms with Gasteiger partial charge >= 0.3 is 6.18 Å². The van der Waals surface area contributed by atoms with Gasteiger partial charge in [-0.3, -0.25) is 0 Å². The zero-order valence-corrected chi connectivity index (χ0v) is 7.96. The molecule has 2 rings (SSSR count). The highest BCUT2D eigenvalue weighted by Gasteiger charge is 2.47. The molecule has 2 nitrogen and oxygen atoms in total. The monoisotopic (exact) mass is 216 g/mol. The molecule has 0 unspecified atom stereocenters. The van der Waals surface area contributed by atoms with Gasteiger partial charge in [-0.05, 0) is 24.3 Å². The topological polar surface area (TPSA) is 29.3 Å². The summed E-state index contributed by atoms with van der Waals surface area (Å²) < 4.78 is 36.6. The first kappa shape index (κ1) is 10.1. The van der Waals surface area contributed by atoms with Crippen molar-refractivity contribution >= 4 is 11.4 Å². The summed E-state index contributed by atoms with van der Waals surface area (Å²) in [5.41, 5.74) is 6.90. The van der Waals surface area contributed by atoms with Crippen molar-refractivity contribution < 1.29 is 13.2 Å². The number of anilines is 2. The van der Waals surface area contributed by atoms with Gasteiger partial charge in [-0.25, -0.2) is 0 Å². The molecule has 0 spiro atoms. The molecule has 1 fully saturated rings. The Kier molecular flexibility index (Phi) is 2.25. The van der Waals surface area contributed by atoms with Gasteiger partial charge in [-0.2, -0.15) is 13.2 Å². The highest BCUT2D eigenvalue weighted by Crippen LogP contribution is 2.36. The third-order valence-corrected chi connectivity index (χ3v) is 2.60. The Hall–Kier alpha value is -1.39. The van der Waals surface area contributed by atoms with Crippen molar-refractivity contribution in [2.75, 3.05) is 23.7 Å². The molecule has 5 heteroatoms. The first-order valence-electron chi connectivity index (χ1n) is 4.64. The van der Waals surface area contributed by atoms with Crippen LogP contribution in [-0.2, 0) is 0 Å². The summed E-state index contributed by atoms with van der Waals surface area (Å²) in [6.45, 7) is 0.0981. The van der Waals surface area contributed by atoms with Crippen LogP contribution in [0.15, 0.2) is 24.3 Å². The van der Waals surface area contributed by atoms with Crippen LogP contribution in [-0.4, -0.2) is 19.3 Å². The number of nitrogens with zero attached hydrogens (tertiary/aromatic N) is 1. The average Bonchev–Trinajstić information content (AvgIpc) is 2.03. The lowest BCUT2D eigenvalue weighted by Crippen LogP contribution is -2.53. The van der Waals surface area contributed by atoms with Gasteiger partial charge in [-0.15, -0.1) is 0 Å². The highest BCUT2D eigenvalue weighted by atomic mass is 19.4. The molecule has 0 radical (unpaired) electrons. The molecule has 0 aromatic heterocycles. The molecule has 1 aromatic carbocycles. The van der Waals surface area contributed by atoms with Crippen molar-refractivity contribution in [3.8, 4) is 0 Å². The first-order chi connectivity index (χ1) is 6.97. The van der Waals surface area contributed by atoms with Gasteiger partial charge in [0.25, 0.3) is 0 Å². The predicted octanol–water partition coefficient (Wildman–Crippen LogP) is 2.27. The number of alkyl halides is 3. The number of nitrogen functional groups attached to an aromatic ring is 1. The van der Waals surface area contributed by atoms with Gasteiger partial charge in [0.05, 0.1) is 5.92 Å². The van der Waals surface area contributed by atoms with Gasteiger partial charge in [0.1, 0.15) is 0 Å². The maximum Gasteiger partial charge on any atom is 0.395 e. The van der Waals surface area contributed by atoms with E-state index in [0.29, 0.717) is 5.69 Å². The molecule has 1 heterocycles. The Morgan fingerprint density at radius 2 is 1.67 bits per heavy atom. The SMILES string of the molecule is Nc1ccc(N2CC(C(F)(F)F)C2)cc1. The zero-order valence-electron chi connectivity index (χ0n) is 7.96.